The van der Waals surface area contributed by atoms with Crippen LogP contribution in [0.5, 0.6) is 0 Å². The van der Waals surface area contributed by atoms with Crippen molar-refractivity contribution in [1.29, 1.82) is 0 Å². The van der Waals surface area contributed by atoms with Gasteiger partial charge < -0.3 is 14.2 Å². The van der Waals surface area contributed by atoms with E-state index in [0.29, 0.717) is 16.9 Å². The maximum Gasteiger partial charge on any atom is 0.361 e. The van der Waals surface area contributed by atoms with E-state index in [0.717, 1.165) is 32.2 Å². The highest BCUT2D eigenvalue weighted by Crippen LogP contribution is 2.29. The highest BCUT2D eigenvalue weighted by atomic mass is 16.5. The molecule has 0 radical (unpaired) electrons. The van der Waals surface area contributed by atoms with Crippen molar-refractivity contribution in [3.63, 3.8) is 0 Å². The van der Waals surface area contributed by atoms with Gasteiger partial charge in [-0.05, 0) is 19.8 Å². The van der Waals surface area contributed by atoms with Crippen molar-refractivity contribution >= 4 is 22.9 Å². The number of piperazine rings is 1. The molecule has 8 heteroatoms. The molecule has 0 unspecified atom stereocenters. The molecule has 2 aliphatic rings. The maximum absolute atomic E-state index is 12.2. The van der Waals surface area contributed by atoms with Crippen LogP contribution >= 0.6 is 0 Å². The summed E-state index contributed by atoms with van der Waals surface area (Å²) in [4.78, 5) is 25.5. The lowest BCUT2D eigenvalue weighted by molar-refractivity contribution is 0.0517. The molecule has 0 N–H and O–H groups in total. The quantitative estimate of drug-likeness (QED) is 0.769. The lowest BCUT2D eigenvalue weighted by Crippen LogP contribution is -2.51. The van der Waals surface area contributed by atoms with Gasteiger partial charge in [-0.1, -0.05) is 24.4 Å². The van der Waals surface area contributed by atoms with E-state index in [1.165, 1.54) is 38.4 Å². The Morgan fingerprint density at radius 1 is 1.19 bits per heavy atom. The summed E-state index contributed by atoms with van der Waals surface area (Å²) in [5.74, 6) is 0.214. The van der Waals surface area contributed by atoms with E-state index in [4.69, 9.17) is 9.26 Å². The Morgan fingerprint density at radius 3 is 2.69 bits per heavy atom. The van der Waals surface area contributed by atoms with Gasteiger partial charge in [0.2, 0.25) is 5.69 Å². The summed E-state index contributed by atoms with van der Waals surface area (Å²) in [6.45, 7) is 5.82. The van der Waals surface area contributed by atoms with Crippen LogP contribution in [0.3, 0.4) is 0 Å². The van der Waals surface area contributed by atoms with E-state index in [1.54, 1.807) is 6.92 Å². The van der Waals surface area contributed by atoms with Gasteiger partial charge in [0.1, 0.15) is 17.5 Å². The van der Waals surface area contributed by atoms with Gasteiger partial charge in [-0.25, -0.2) is 9.78 Å². The molecule has 0 atom stereocenters. The minimum absolute atomic E-state index is 0.159. The molecule has 2 aromatic heterocycles. The summed E-state index contributed by atoms with van der Waals surface area (Å²) in [5, 5.41) is 4.42. The minimum atomic E-state index is -0.497. The van der Waals surface area contributed by atoms with Gasteiger partial charge >= 0.3 is 5.97 Å². The molecule has 8 nitrogen and oxygen atoms in total. The number of aromatic nitrogens is 3. The maximum atomic E-state index is 12.2. The summed E-state index contributed by atoms with van der Waals surface area (Å²) >= 11 is 0. The smallest absolute Gasteiger partial charge is 0.361 e. The van der Waals surface area contributed by atoms with Crippen LogP contribution in [0, 0.1) is 0 Å². The van der Waals surface area contributed by atoms with Crippen LogP contribution in [0.2, 0.25) is 0 Å². The molecule has 1 aliphatic carbocycles. The van der Waals surface area contributed by atoms with Gasteiger partial charge in [-0.3, -0.25) is 4.90 Å². The lowest BCUT2D eigenvalue weighted by atomic mass is 9.94. The Balaban J connectivity index is 1.54. The summed E-state index contributed by atoms with van der Waals surface area (Å²) in [5.41, 5.74) is 0.486. The second-order valence-corrected chi connectivity index (χ2v) is 6.94. The molecular formula is C18H25N5O3. The summed E-state index contributed by atoms with van der Waals surface area (Å²) in [6.07, 6.45) is 8.17. The predicted molar refractivity (Wildman–Crippen MR) is 96.2 cm³/mol. The molecule has 0 amide bonds. The van der Waals surface area contributed by atoms with Crippen LogP contribution in [-0.4, -0.2) is 64.8 Å². The zero-order valence-corrected chi connectivity index (χ0v) is 15.2. The normalized spacial score (nSPS) is 19.8. The van der Waals surface area contributed by atoms with Crippen LogP contribution in [0.4, 0.5) is 5.82 Å². The molecule has 1 saturated heterocycles. The number of hydrogen-bond acceptors (Lipinski definition) is 8. The molecule has 3 heterocycles. The van der Waals surface area contributed by atoms with Gasteiger partial charge in [0, 0.05) is 32.2 Å². The number of esters is 1. The van der Waals surface area contributed by atoms with Crippen molar-refractivity contribution in [1.82, 2.24) is 20.0 Å². The molecule has 0 bridgehead atoms. The van der Waals surface area contributed by atoms with Crippen LogP contribution in [0.1, 0.15) is 49.5 Å². The van der Waals surface area contributed by atoms with E-state index in [9.17, 15) is 4.79 Å². The monoisotopic (exact) mass is 359 g/mol. The van der Waals surface area contributed by atoms with Crippen LogP contribution in [-0.2, 0) is 4.74 Å². The first-order valence-electron chi connectivity index (χ1n) is 9.54. The minimum Gasteiger partial charge on any atom is -0.461 e. The molecule has 0 aromatic carbocycles. The van der Waals surface area contributed by atoms with Crippen molar-refractivity contribution < 1.29 is 14.1 Å². The number of carbonyl (C=O) groups excluding carboxylic acids is 1. The Kier molecular flexibility index (Phi) is 5.01. The standard InChI is InChI=1S/C18H25N5O3/c1-2-25-18(24)15-14-16(19-12-20-17(14)26-21-15)23-10-8-22(9-11-23)13-6-4-3-5-7-13/h12-13H,2-11H2,1H3. The second-order valence-electron chi connectivity index (χ2n) is 6.94. The van der Waals surface area contributed by atoms with E-state index in [-0.39, 0.29) is 12.3 Å². The van der Waals surface area contributed by atoms with E-state index in [1.807, 2.05) is 0 Å². The molecule has 140 valence electrons. The summed E-state index contributed by atoms with van der Waals surface area (Å²) in [6, 6.07) is 0.724. The first kappa shape index (κ1) is 17.2. The molecule has 2 fully saturated rings. The fraction of sp³-hybridized carbons (Fsp3) is 0.667. The van der Waals surface area contributed by atoms with Crippen molar-refractivity contribution in [2.75, 3.05) is 37.7 Å². The van der Waals surface area contributed by atoms with Gasteiger partial charge in [-0.2, -0.15) is 4.98 Å². The van der Waals surface area contributed by atoms with Gasteiger partial charge in [0.25, 0.3) is 5.71 Å². The van der Waals surface area contributed by atoms with Gasteiger partial charge in [-0.15, -0.1) is 0 Å². The third-order valence-corrected chi connectivity index (χ3v) is 5.43. The van der Waals surface area contributed by atoms with Crippen molar-refractivity contribution in [2.24, 2.45) is 0 Å². The van der Waals surface area contributed by atoms with Crippen LogP contribution in [0.15, 0.2) is 10.9 Å². The number of fused-ring (bicyclic) bond motifs is 1. The highest BCUT2D eigenvalue weighted by molar-refractivity contribution is 6.04. The molecule has 0 spiro atoms. The number of anilines is 1. The number of nitrogens with zero attached hydrogens (tertiary/aromatic N) is 5. The summed E-state index contributed by atoms with van der Waals surface area (Å²) in [7, 11) is 0. The lowest BCUT2D eigenvalue weighted by Gasteiger charge is -2.41. The first-order chi connectivity index (χ1) is 12.8. The highest BCUT2D eigenvalue weighted by Gasteiger charge is 2.29. The molecule has 1 aliphatic heterocycles. The van der Waals surface area contributed by atoms with E-state index >= 15 is 0 Å². The SMILES string of the molecule is CCOC(=O)c1noc2ncnc(N3CCN(C4CCCCC4)CC3)c12. The largest absolute Gasteiger partial charge is 0.461 e. The van der Waals surface area contributed by atoms with Gasteiger partial charge in [0.15, 0.2) is 0 Å². The average Bonchev–Trinajstić information content (AvgIpc) is 3.13. The number of carbonyl (C=O) groups is 1. The average molecular weight is 359 g/mol. The second kappa shape index (κ2) is 7.57. The Labute approximate surface area is 152 Å². The van der Waals surface area contributed by atoms with Crippen LogP contribution in [0.25, 0.3) is 11.1 Å². The molecule has 4 rings (SSSR count). The predicted octanol–water partition coefficient (Wildman–Crippen LogP) is 2.25. The Bertz CT molecular complexity index is 763. The number of rotatable bonds is 4. The molecule has 1 saturated carbocycles. The zero-order valence-electron chi connectivity index (χ0n) is 15.2. The van der Waals surface area contributed by atoms with Crippen molar-refractivity contribution in [3.05, 3.63) is 12.0 Å². The molecule has 2 aromatic rings. The fourth-order valence-electron chi connectivity index (χ4n) is 4.10. The third kappa shape index (κ3) is 3.25. The van der Waals surface area contributed by atoms with E-state index < -0.39 is 5.97 Å². The number of hydrogen-bond donors (Lipinski definition) is 0. The first-order valence-corrected chi connectivity index (χ1v) is 9.54. The van der Waals surface area contributed by atoms with Gasteiger partial charge in [0.05, 0.1) is 6.61 Å². The Hall–Kier alpha value is -2.22. The molecule has 26 heavy (non-hydrogen) atoms. The third-order valence-electron chi connectivity index (χ3n) is 5.43. The van der Waals surface area contributed by atoms with Crippen LogP contribution < -0.4 is 4.90 Å². The zero-order chi connectivity index (χ0) is 17.9. The molecular weight excluding hydrogens is 334 g/mol. The topological polar surface area (TPSA) is 84.6 Å². The van der Waals surface area contributed by atoms with Crippen molar-refractivity contribution in [3.8, 4) is 0 Å². The Morgan fingerprint density at radius 2 is 1.96 bits per heavy atom. The fourth-order valence-corrected chi connectivity index (χ4v) is 4.10. The summed E-state index contributed by atoms with van der Waals surface area (Å²) < 4.78 is 10.3. The van der Waals surface area contributed by atoms with E-state index in [2.05, 4.69) is 24.9 Å². The van der Waals surface area contributed by atoms with Crippen molar-refractivity contribution in [2.45, 2.75) is 45.1 Å². The number of ether oxygens (including phenoxy) is 1.